The van der Waals surface area contributed by atoms with Crippen molar-refractivity contribution in [3.8, 4) is 0 Å². The predicted octanol–water partition coefficient (Wildman–Crippen LogP) is 1.46. The smallest absolute Gasteiger partial charge is 0.194 e. The van der Waals surface area contributed by atoms with Gasteiger partial charge in [0, 0.05) is 25.7 Å². The molecule has 0 spiro atoms. The molecule has 0 radical (unpaired) electrons. The number of hydrogen-bond acceptors (Lipinski definition) is 3. The minimum Gasteiger partial charge on any atom is -0.356 e. The maximum atomic E-state index is 4.54. The predicted molar refractivity (Wildman–Crippen MR) is 59.5 cm³/mol. The first-order valence-corrected chi connectivity index (χ1v) is 5.82. The molecular weight excluding hydrogens is 174 g/mol. The van der Waals surface area contributed by atoms with E-state index in [0.29, 0.717) is 0 Å². The molecule has 3 heteroatoms. The number of hydrogen-bond donors (Lipinski definition) is 1. The van der Waals surface area contributed by atoms with Gasteiger partial charge in [0.1, 0.15) is 0 Å². The zero-order valence-corrected chi connectivity index (χ0v) is 9.29. The molecule has 3 nitrogen and oxygen atoms in total. The second kappa shape index (κ2) is 4.20. The van der Waals surface area contributed by atoms with Crippen LogP contribution in [0.2, 0.25) is 0 Å². The summed E-state index contributed by atoms with van der Waals surface area (Å²) in [6.07, 6.45) is 3.80. The van der Waals surface area contributed by atoms with Crippen LogP contribution in [0.4, 0.5) is 0 Å². The van der Waals surface area contributed by atoms with Gasteiger partial charge in [-0.2, -0.15) is 0 Å². The van der Waals surface area contributed by atoms with Crippen molar-refractivity contribution in [2.75, 3.05) is 19.6 Å². The second-order valence-corrected chi connectivity index (χ2v) is 4.75. The number of aliphatic imine (C=N–C) groups is 1. The molecule has 2 rings (SSSR count). The minimum atomic E-state index is 0.732. The van der Waals surface area contributed by atoms with Gasteiger partial charge in [-0.25, -0.2) is 0 Å². The average Bonchev–Trinajstić information content (AvgIpc) is 2.18. The molecular formula is C11H21N3. The molecule has 1 fully saturated rings. The second-order valence-electron chi connectivity index (χ2n) is 4.75. The molecule has 0 saturated carbocycles. The number of nitrogens with one attached hydrogen (secondary N) is 1. The third kappa shape index (κ3) is 2.02. The molecule has 1 N–H and O–H groups in total. The van der Waals surface area contributed by atoms with Crippen molar-refractivity contribution in [2.45, 2.75) is 39.2 Å². The minimum absolute atomic E-state index is 0.732. The Balaban J connectivity index is 2.02. The number of guanidine groups is 1. The Hall–Kier alpha value is -0.730. The largest absolute Gasteiger partial charge is 0.356 e. The topological polar surface area (TPSA) is 27.6 Å². The molecule has 2 aliphatic heterocycles. The van der Waals surface area contributed by atoms with E-state index in [4.69, 9.17) is 0 Å². The number of rotatable bonds is 2. The van der Waals surface area contributed by atoms with Crippen LogP contribution in [0.15, 0.2) is 4.99 Å². The highest BCUT2D eigenvalue weighted by Crippen LogP contribution is 2.19. The summed E-state index contributed by atoms with van der Waals surface area (Å²) in [5, 5.41) is 3.40. The quantitative estimate of drug-likeness (QED) is 0.722. The Labute approximate surface area is 86.6 Å². The van der Waals surface area contributed by atoms with E-state index in [9.17, 15) is 0 Å². The van der Waals surface area contributed by atoms with E-state index in [1.54, 1.807) is 0 Å². The van der Waals surface area contributed by atoms with Gasteiger partial charge >= 0.3 is 0 Å². The molecule has 80 valence electrons. The van der Waals surface area contributed by atoms with Gasteiger partial charge in [-0.1, -0.05) is 13.8 Å². The molecule has 2 aliphatic rings. The molecule has 0 amide bonds. The lowest BCUT2D eigenvalue weighted by atomic mass is 9.98. The summed E-state index contributed by atoms with van der Waals surface area (Å²) in [4.78, 5) is 7.02. The van der Waals surface area contributed by atoms with E-state index >= 15 is 0 Å². The first-order valence-electron chi connectivity index (χ1n) is 5.82. The van der Waals surface area contributed by atoms with Crippen molar-refractivity contribution < 1.29 is 0 Å². The average molecular weight is 195 g/mol. The fraction of sp³-hybridized carbons (Fsp3) is 0.909. The molecule has 1 atom stereocenters. The van der Waals surface area contributed by atoms with Crippen molar-refractivity contribution >= 4 is 5.96 Å². The third-order valence-electron chi connectivity index (χ3n) is 3.04. The Kier molecular flexibility index (Phi) is 2.94. The molecule has 0 aromatic rings. The summed E-state index contributed by atoms with van der Waals surface area (Å²) in [7, 11) is 0. The Morgan fingerprint density at radius 1 is 1.57 bits per heavy atom. The fourth-order valence-corrected chi connectivity index (χ4v) is 2.43. The van der Waals surface area contributed by atoms with E-state index in [2.05, 4.69) is 29.1 Å². The summed E-state index contributed by atoms with van der Waals surface area (Å²) in [6, 6.07) is 0.732. The number of fused-ring (bicyclic) bond motifs is 1. The van der Waals surface area contributed by atoms with Gasteiger partial charge in [0.25, 0.3) is 0 Å². The molecule has 2 heterocycles. The Bertz CT molecular complexity index is 223. The maximum absolute atomic E-state index is 4.54. The molecule has 1 saturated heterocycles. The van der Waals surface area contributed by atoms with Crippen molar-refractivity contribution in [3.05, 3.63) is 0 Å². The lowest BCUT2D eigenvalue weighted by Gasteiger charge is -2.41. The number of nitrogens with zero attached hydrogens (tertiary/aromatic N) is 2. The van der Waals surface area contributed by atoms with Crippen molar-refractivity contribution in [3.63, 3.8) is 0 Å². The SMILES string of the molecule is CC(C)CC1CCNC2=NCCCN21. The van der Waals surface area contributed by atoms with E-state index in [-0.39, 0.29) is 0 Å². The van der Waals surface area contributed by atoms with Crippen molar-refractivity contribution in [1.82, 2.24) is 10.2 Å². The maximum Gasteiger partial charge on any atom is 0.194 e. The molecule has 0 aromatic carbocycles. The molecule has 1 unspecified atom stereocenters. The Morgan fingerprint density at radius 2 is 2.43 bits per heavy atom. The zero-order valence-electron chi connectivity index (χ0n) is 9.29. The van der Waals surface area contributed by atoms with Gasteiger partial charge in [-0.15, -0.1) is 0 Å². The molecule has 0 aromatic heterocycles. The van der Waals surface area contributed by atoms with Gasteiger partial charge in [0.05, 0.1) is 0 Å². The summed E-state index contributed by atoms with van der Waals surface area (Å²) in [6.45, 7) is 7.93. The molecule has 14 heavy (non-hydrogen) atoms. The first kappa shape index (κ1) is 9.81. The highest BCUT2D eigenvalue weighted by molar-refractivity contribution is 5.81. The van der Waals surface area contributed by atoms with Crippen LogP contribution < -0.4 is 5.32 Å². The van der Waals surface area contributed by atoms with Gasteiger partial charge in [0.2, 0.25) is 0 Å². The van der Waals surface area contributed by atoms with Gasteiger partial charge in [0.15, 0.2) is 5.96 Å². The van der Waals surface area contributed by atoms with Crippen LogP contribution in [0.1, 0.15) is 33.1 Å². The lowest BCUT2D eigenvalue weighted by Crippen LogP contribution is -2.55. The van der Waals surface area contributed by atoms with Crippen LogP contribution in [0.3, 0.4) is 0 Å². The van der Waals surface area contributed by atoms with Crippen LogP contribution in [0.5, 0.6) is 0 Å². The fourth-order valence-electron chi connectivity index (χ4n) is 2.43. The van der Waals surface area contributed by atoms with Crippen LogP contribution >= 0.6 is 0 Å². The van der Waals surface area contributed by atoms with E-state index in [1.807, 2.05) is 0 Å². The normalized spacial score (nSPS) is 26.9. The third-order valence-corrected chi connectivity index (χ3v) is 3.04. The van der Waals surface area contributed by atoms with Gasteiger partial charge < -0.3 is 10.2 Å². The monoisotopic (exact) mass is 195 g/mol. The van der Waals surface area contributed by atoms with Crippen molar-refractivity contribution in [1.29, 1.82) is 0 Å². The zero-order chi connectivity index (χ0) is 9.97. The van der Waals surface area contributed by atoms with Crippen LogP contribution in [-0.4, -0.2) is 36.5 Å². The summed E-state index contributed by atoms with van der Waals surface area (Å²) in [5.74, 6) is 1.95. The van der Waals surface area contributed by atoms with Gasteiger partial charge in [-0.05, 0) is 25.2 Å². The summed E-state index contributed by atoms with van der Waals surface area (Å²) >= 11 is 0. The standard InChI is InChI=1S/C11H21N3/c1-9(2)8-10-4-6-13-11-12-5-3-7-14(10)11/h9-10H,3-8H2,1-2H3,(H,12,13). The highest BCUT2D eigenvalue weighted by Gasteiger charge is 2.27. The van der Waals surface area contributed by atoms with E-state index in [1.165, 1.54) is 25.8 Å². The summed E-state index contributed by atoms with van der Waals surface area (Å²) in [5.41, 5.74) is 0. The first-order chi connectivity index (χ1) is 6.77. The van der Waals surface area contributed by atoms with E-state index < -0.39 is 0 Å². The van der Waals surface area contributed by atoms with Gasteiger partial charge in [-0.3, -0.25) is 4.99 Å². The van der Waals surface area contributed by atoms with Crippen LogP contribution in [-0.2, 0) is 0 Å². The Morgan fingerprint density at radius 3 is 3.21 bits per heavy atom. The van der Waals surface area contributed by atoms with Crippen LogP contribution in [0.25, 0.3) is 0 Å². The highest BCUT2D eigenvalue weighted by atomic mass is 15.3. The molecule has 0 bridgehead atoms. The molecule has 0 aliphatic carbocycles. The summed E-state index contributed by atoms with van der Waals surface area (Å²) < 4.78 is 0. The van der Waals surface area contributed by atoms with Crippen molar-refractivity contribution in [2.24, 2.45) is 10.9 Å². The van der Waals surface area contributed by atoms with E-state index in [0.717, 1.165) is 31.0 Å². The lowest BCUT2D eigenvalue weighted by molar-refractivity contribution is 0.220. The van der Waals surface area contributed by atoms with Crippen LogP contribution in [0, 0.1) is 5.92 Å².